The summed E-state index contributed by atoms with van der Waals surface area (Å²) in [6.45, 7) is 3.31. The summed E-state index contributed by atoms with van der Waals surface area (Å²) >= 11 is 0. The molecule has 0 amide bonds. The van der Waals surface area contributed by atoms with Crippen LogP contribution in [0.5, 0.6) is 0 Å². The summed E-state index contributed by atoms with van der Waals surface area (Å²) in [6.07, 6.45) is 5.19. The maximum Gasteiger partial charge on any atom is 0.227 e. The molecule has 1 fully saturated rings. The maximum atomic E-state index is 5.48. The molecule has 4 heterocycles. The van der Waals surface area contributed by atoms with Gasteiger partial charge in [0.1, 0.15) is 12.0 Å². The van der Waals surface area contributed by atoms with Gasteiger partial charge in [0.25, 0.3) is 0 Å². The molecular formula is C27H24N8O. The zero-order valence-corrected chi connectivity index (χ0v) is 19.5. The van der Waals surface area contributed by atoms with Crippen molar-refractivity contribution in [3.63, 3.8) is 0 Å². The van der Waals surface area contributed by atoms with Gasteiger partial charge in [0, 0.05) is 42.4 Å². The number of ether oxygens (including phenoxy) is 1. The zero-order chi connectivity index (χ0) is 24.2. The molecule has 9 nitrogen and oxygen atoms in total. The first kappa shape index (κ1) is 21.9. The van der Waals surface area contributed by atoms with E-state index in [-0.39, 0.29) is 0 Å². The minimum atomic E-state index is 0.537. The summed E-state index contributed by atoms with van der Waals surface area (Å²) in [6, 6.07) is 23.9. The number of rotatable bonds is 6. The molecule has 36 heavy (non-hydrogen) atoms. The molecule has 0 atom stereocenters. The van der Waals surface area contributed by atoms with Crippen LogP contribution in [0.25, 0.3) is 28.5 Å². The van der Waals surface area contributed by atoms with Gasteiger partial charge in [0.2, 0.25) is 5.95 Å². The molecule has 0 bridgehead atoms. The number of pyridine rings is 1. The quantitative estimate of drug-likeness (QED) is 0.386. The van der Waals surface area contributed by atoms with Crippen molar-refractivity contribution in [3.8, 4) is 28.5 Å². The third-order valence-corrected chi connectivity index (χ3v) is 5.95. The third-order valence-electron chi connectivity index (χ3n) is 5.95. The van der Waals surface area contributed by atoms with Crippen LogP contribution in [0, 0.1) is 0 Å². The van der Waals surface area contributed by atoms with Crippen LogP contribution >= 0.6 is 0 Å². The van der Waals surface area contributed by atoms with Crippen LogP contribution in [0.4, 0.5) is 17.3 Å². The van der Waals surface area contributed by atoms with Crippen molar-refractivity contribution in [1.82, 2.24) is 29.7 Å². The lowest BCUT2D eigenvalue weighted by atomic mass is 10.1. The molecule has 0 radical (unpaired) electrons. The van der Waals surface area contributed by atoms with Crippen molar-refractivity contribution < 1.29 is 4.74 Å². The molecule has 0 saturated carbocycles. The Balaban J connectivity index is 1.17. The summed E-state index contributed by atoms with van der Waals surface area (Å²) in [5.41, 5.74) is 5.60. The van der Waals surface area contributed by atoms with E-state index in [1.54, 1.807) is 23.4 Å². The highest BCUT2D eigenvalue weighted by Crippen LogP contribution is 2.25. The van der Waals surface area contributed by atoms with Crippen LogP contribution in [0.15, 0.2) is 91.5 Å². The summed E-state index contributed by atoms with van der Waals surface area (Å²) in [7, 11) is 0. The van der Waals surface area contributed by atoms with Gasteiger partial charge < -0.3 is 15.0 Å². The molecule has 1 aliphatic heterocycles. The Labute approximate surface area is 208 Å². The minimum absolute atomic E-state index is 0.537. The van der Waals surface area contributed by atoms with Gasteiger partial charge in [-0.25, -0.2) is 19.6 Å². The molecule has 1 saturated heterocycles. The highest BCUT2D eigenvalue weighted by atomic mass is 16.5. The number of nitrogens with one attached hydrogen (secondary N) is 1. The number of aromatic nitrogens is 6. The predicted octanol–water partition coefficient (Wildman–Crippen LogP) is 4.37. The molecule has 5 aromatic rings. The summed E-state index contributed by atoms with van der Waals surface area (Å²) in [5.74, 6) is 1.12. The second kappa shape index (κ2) is 9.93. The average Bonchev–Trinajstić information content (AvgIpc) is 3.45. The van der Waals surface area contributed by atoms with Crippen LogP contribution in [0.1, 0.15) is 0 Å². The van der Waals surface area contributed by atoms with Crippen molar-refractivity contribution in [2.75, 3.05) is 36.5 Å². The Morgan fingerprint density at radius 1 is 0.750 bits per heavy atom. The molecule has 6 rings (SSSR count). The number of benzene rings is 2. The molecule has 178 valence electrons. The van der Waals surface area contributed by atoms with Gasteiger partial charge in [-0.2, -0.15) is 0 Å². The van der Waals surface area contributed by atoms with Gasteiger partial charge >= 0.3 is 0 Å². The standard InChI is InChI=1S/C27H24N8O/c1-2-12-28-25(6-1)26-30-19-35(33-26)22-9-7-21(8-10-22)31-27-29-13-11-24(32-27)20-4-3-5-23(18-20)34-14-16-36-17-15-34/h1-13,18-19H,14-17H2,(H,29,31,32). The number of anilines is 3. The van der Waals surface area contributed by atoms with Crippen molar-refractivity contribution >= 4 is 17.3 Å². The van der Waals surface area contributed by atoms with Gasteiger partial charge in [-0.15, -0.1) is 5.10 Å². The lowest BCUT2D eigenvalue weighted by Crippen LogP contribution is -2.36. The van der Waals surface area contributed by atoms with E-state index in [1.807, 2.05) is 48.5 Å². The Morgan fingerprint density at radius 3 is 2.47 bits per heavy atom. The summed E-state index contributed by atoms with van der Waals surface area (Å²) in [4.78, 5) is 20.2. The van der Waals surface area contributed by atoms with Crippen LogP contribution in [0.2, 0.25) is 0 Å². The number of nitrogens with zero attached hydrogens (tertiary/aromatic N) is 7. The molecular weight excluding hydrogens is 452 g/mol. The van der Waals surface area contributed by atoms with Gasteiger partial charge in [0.15, 0.2) is 5.82 Å². The second-order valence-electron chi connectivity index (χ2n) is 8.31. The fourth-order valence-corrected chi connectivity index (χ4v) is 4.09. The van der Waals surface area contributed by atoms with E-state index in [2.05, 4.69) is 54.5 Å². The van der Waals surface area contributed by atoms with Crippen LogP contribution < -0.4 is 10.2 Å². The van der Waals surface area contributed by atoms with E-state index in [0.29, 0.717) is 11.8 Å². The zero-order valence-electron chi connectivity index (χ0n) is 19.5. The molecule has 3 aromatic heterocycles. The van der Waals surface area contributed by atoms with Gasteiger partial charge in [-0.05, 0) is 54.6 Å². The number of hydrogen-bond acceptors (Lipinski definition) is 8. The van der Waals surface area contributed by atoms with Gasteiger partial charge in [-0.1, -0.05) is 18.2 Å². The molecule has 0 spiro atoms. The van der Waals surface area contributed by atoms with Crippen molar-refractivity contribution in [1.29, 1.82) is 0 Å². The Bertz CT molecular complexity index is 1450. The molecule has 9 heteroatoms. The van der Waals surface area contributed by atoms with Crippen LogP contribution in [0.3, 0.4) is 0 Å². The molecule has 0 aliphatic carbocycles. The average molecular weight is 477 g/mol. The smallest absolute Gasteiger partial charge is 0.227 e. The van der Waals surface area contributed by atoms with E-state index in [0.717, 1.165) is 54.6 Å². The van der Waals surface area contributed by atoms with Crippen LogP contribution in [-0.2, 0) is 4.74 Å². The third kappa shape index (κ3) is 4.77. The first-order chi connectivity index (χ1) is 17.8. The topological polar surface area (TPSA) is 93.9 Å². The molecule has 2 aromatic carbocycles. The van der Waals surface area contributed by atoms with Crippen molar-refractivity contribution in [2.45, 2.75) is 0 Å². The molecule has 0 unspecified atom stereocenters. The van der Waals surface area contributed by atoms with Crippen LogP contribution in [-0.4, -0.2) is 56.0 Å². The lowest BCUT2D eigenvalue weighted by Gasteiger charge is -2.29. The van der Waals surface area contributed by atoms with E-state index in [4.69, 9.17) is 9.72 Å². The largest absolute Gasteiger partial charge is 0.378 e. The number of hydrogen-bond donors (Lipinski definition) is 1. The summed E-state index contributed by atoms with van der Waals surface area (Å²) in [5, 5.41) is 7.84. The summed E-state index contributed by atoms with van der Waals surface area (Å²) < 4.78 is 7.21. The van der Waals surface area contributed by atoms with Gasteiger partial charge in [-0.3, -0.25) is 4.98 Å². The fourth-order valence-electron chi connectivity index (χ4n) is 4.09. The Kier molecular flexibility index (Phi) is 6.03. The monoisotopic (exact) mass is 476 g/mol. The first-order valence-corrected chi connectivity index (χ1v) is 11.8. The number of morpholine rings is 1. The van der Waals surface area contributed by atoms with E-state index < -0.39 is 0 Å². The van der Waals surface area contributed by atoms with E-state index in [9.17, 15) is 0 Å². The van der Waals surface area contributed by atoms with E-state index >= 15 is 0 Å². The predicted molar refractivity (Wildman–Crippen MR) is 138 cm³/mol. The van der Waals surface area contributed by atoms with E-state index in [1.165, 1.54) is 5.69 Å². The fraction of sp³-hybridized carbons (Fsp3) is 0.148. The second-order valence-corrected chi connectivity index (χ2v) is 8.31. The first-order valence-electron chi connectivity index (χ1n) is 11.8. The highest BCUT2D eigenvalue weighted by molar-refractivity contribution is 5.67. The lowest BCUT2D eigenvalue weighted by molar-refractivity contribution is 0.122. The maximum absolute atomic E-state index is 5.48. The van der Waals surface area contributed by atoms with Crippen molar-refractivity contribution in [2.24, 2.45) is 0 Å². The van der Waals surface area contributed by atoms with Gasteiger partial charge in [0.05, 0.1) is 24.6 Å². The Morgan fingerprint density at radius 2 is 1.64 bits per heavy atom. The molecule has 1 N–H and O–H groups in total. The minimum Gasteiger partial charge on any atom is -0.378 e. The van der Waals surface area contributed by atoms with Crippen molar-refractivity contribution in [3.05, 3.63) is 91.5 Å². The SMILES string of the molecule is c1ccc(-c2ncn(-c3ccc(Nc4nccc(-c5cccc(N6CCOCC6)c5)n4)cc3)n2)nc1. The highest BCUT2D eigenvalue weighted by Gasteiger charge is 2.12. The Hall–Kier alpha value is -4.63. The molecule has 1 aliphatic rings. The normalized spacial score (nSPS) is 13.5.